The van der Waals surface area contributed by atoms with Gasteiger partial charge in [-0.05, 0) is 44.0 Å². The summed E-state index contributed by atoms with van der Waals surface area (Å²) in [5, 5.41) is 1.50. The van der Waals surface area contributed by atoms with Gasteiger partial charge in [0.1, 0.15) is 0 Å². The second kappa shape index (κ2) is 5.72. The molecule has 0 saturated heterocycles. The number of benzene rings is 1. The number of rotatable bonds is 3. The van der Waals surface area contributed by atoms with Crippen molar-refractivity contribution in [2.75, 3.05) is 12.8 Å². The molecule has 0 aliphatic heterocycles. The second-order valence-electron chi connectivity index (χ2n) is 5.36. The number of nitrogens with zero attached hydrogens (tertiary/aromatic N) is 2. The first-order valence-electron chi connectivity index (χ1n) is 6.80. The first-order chi connectivity index (χ1) is 9.61. The number of aromatic nitrogens is 1. The van der Waals surface area contributed by atoms with Crippen LogP contribution in [0.5, 0.6) is 0 Å². The van der Waals surface area contributed by atoms with Crippen molar-refractivity contribution >= 4 is 28.1 Å². The van der Waals surface area contributed by atoms with Gasteiger partial charge >= 0.3 is 0 Å². The summed E-state index contributed by atoms with van der Waals surface area (Å²) in [5.74, 6) is 0. The molecular weight excluding hydrogens is 290 g/mol. The molecule has 1 aliphatic carbocycles. The number of thiazole rings is 1. The highest BCUT2D eigenvalue weighted by Crippen LogP contribution is 2.30. The minimum atomic E-state index is 0.568. The van der Waals surface area contributed by atoms with E-state index in [1.165, 1.54) is 16.1 Å². The van der Waals surface area contributed by atoms with Gasteiger partial charge in [0, 0.05) is 22.5 Å². The van der Waals surface area contributed by atoms with Gasteiger partial charge in [0.25, 0.3) is 0 Å². The van der Waals surface area contributed by atoms with E-state index in [-0.39, 0.29) is 0 Å². The molecule has 1 aromatic heterocycles. The van der Waals surface area contributed by atoms with Crippen molar-refractivity contribution < 1.29 is 0 Å². The zero-order valence-corrected chi connectivity index (χ0v) is 13.0. The largest absolute Gasteiger partial charge is 0.375 e. The number of aryl methyl sites for hydroxylation is 1. The van der Waals surface area contributed by atoms with Crippen LogP contribution in [0.2, 0.25) is 5.02 Å². The molecule has 1 aromatic carbocycles. The third kappa shape index (κ3) is 2.97. The lowest BCUT2D eigenvalue weighted by atomic mass is 9.96. The van der Waals surface area contributed by atoms with Crippen LogP contribution in [0.4, 0.5) is 5.13 Å². The third-order valence-electron chi connectivity index (χ3n) is 3.90. The van der Waals surface area contributed by atoms with E-state index in [4.69, 9.17) is 17.3 Å². The summed E-state index contributed by atoms with van der Waals surface area (Å²) in [7, 11) is 2.19. The molecule has 0 saturated carbocycles. The highest BCUT2D eigenvalue weighted by Gasteiger charge is 2.24. The third-order valence-corrected chi connectivity index (χ3v) is 5.10. The maximum Gasteiger partial charge on any atom is 0.180 e. The molecule has 0 fully saturated rings. The monoisotopic (exact) mass is 307 g/mol. The standard InChI is InChI=1S/C15H18ClN3S/c1-19(9-10-2-4-11(16)5-3-10)12-6-7-13-14(8-12)20-15(17)18-13/h2-5,12H,6-9H2,1H3,(H2,17,18). The molecule has 0 radical (unpaired) electrons. The zero-order chi connectivity index (χ0) is 14.1. The summed E-state index contributed by atoms with van der Waals surface area (Å²) in [6.07, 6.45) is 3.26. The molecule has 5 heteroatoms. The van der Waals surface area contributed by atoms with E-state index in [0.29, 0.717) is 11.2 Å². The van der Waals surface area contributed by atoms with E-state index in [9.17, 15) is 0 Å². The van der Waals surface area contributed by atoms with Crippen molar-refractivity contribution in [1.29, 1.82) is 0 Å². The van der Waals surface area contributed by atoms with Gasteiger partial charge in [-0.15, -0.1) is 11.3 Å². The molecule has 2 N–H and O–H groups in total. The van der Waals surface area contributed by atoms with Crippen LogP contribution in [0, 0.1) is 0 Å². The normalized spacial score (nSPS) is 18.2. The smallest absolute Gasteiger partial charge is 0.180 e. The van der Waals surface area contributed by atoms with Gasteiger partial charge in [-0.25, -0.2) is 4.98 Å². The molecule has 1 aliphatic rings. The van der Waals surface area contributed by atoms with Crippen LogP contribution < -0.4 is 5.73 Å². The molecule has 3 nitrogen and oxygen atoms in total. The van der Waals surface area contributed by atoms with Gasteiger partial charge in [0.05, 0.1) is 5.69 Å². The topological polar surface area (TPSA) is 42.2 Å². The minimum Gasteiger partial charge on any atom is -0.375 e. The maximum absolute atomic E-state index is 5.92. The number of anilines is 1. The Kier molecular flexibility index (Phi) is 3.96. The maximum atomic E-state index is 5.92. The number of likely N-dealkylation sites (N-methyl/N-ethyl adjacent to an activating group) is 1. The van der Waals surface area contributed by atoms with Gasteiger partial charge in [-0.3, -0.25) is 4.90 Å². The summed E-state index contributed by atoms with van der Waals surface area (Å²) in [6, 6.07) is 8.66. The molecule has 1 heterocycles. The Bertz CT molecular complexity index is 594. The van der Waals surface area contributed by atoms with E-state index < -0.39 is 0 Å². The first-order valence-corrected chi connectivity index (χ1v) is 8.00. The number of halogens is 1. The fourth-order valence-electron chi connectivity index (χ4n) is 2.76. The quantitative estimate of drug-likeness (QED) is 0.945. The Labute approximate surface area is 128 Å². The van der Waals surface area contributed by atoms with Crippen LogP contribution in [0.1, 0.15) is 22.6 Å². The molecule has 1 unspecified atom stereocenters. The molecule has 0 bridgehead atoms. The molecule has 3 rings (SSSR count). The first kappa shape index (κ1) is 13.9. The lowest BCUT2D eigenvalue weighted by molar-refractivity contribution is 0.214. The lowest BCUT2D eigenvalue weighted by Crippen LogP contribution is -2.35. The number of nitrogen functional groups attached to an aromatic ring is 1. The zero-order valence-electron chi connectivity index (χ0n) is 11.5. The van der Waals surface area contributed by atoms with E-state index in [1.54, 1.807) is 11.3 Å². The van der Waals surface area contributed by atoms with Crippen molar-refractivity contribution in [3.8, 4) is 0 Å². The Balaban J connectivity index is 1.66. The Morgan fingerprint density at radius 2 is 2.15 bits per heavy atom. The second-order valence-corrected chi connectivity index (χ2v) is 6.91. The Morgan fingerprint density at radius 3 is 2.90 bits per heavy atom. The molecule has 2 aromatic rings. The van der Waals surface area contributed by atoms with Crippen LogP contribution >= 0.6 is 22.9 Å². The summed E-state index contributed by atoms with van der Waals surface area (Å²) in [5.41, 5.74) is 8.31. The fourth-order valence-corrected chi connectivity index (χ4v) is 3.84. The molecule has 106 valence electrons. The summed E-state index contributed by atoms with van der Waals surface area (Å²) >= 11 is 7.57. The molecule has 0 spiro atoms. The van der Waals surface area contributed by atoms with Crippen LogP contribution in [0.15, 0.2) is 24.3 Å². The fraction of sp³-hybridized carbons (Fsp3) is 0.400. The average Bonchev–Trinajstić information content (AvgIpc) is 2.80. The Morgan fingerprint density at radius 1 is 1.40 bits per heavy atom. The predicted octanol–water partition coefficient (Wildman–Crippen LogP) is 3.37. The molecular formula is C15H18ClN3S. The molecule has 1 atom stereocenters. The van der Waals surface area contributed by atoms with Crippen molar-refractivity contribution in [3.05, 3.63) is 45.4 Å². The van der Waals surface area contributed by atoms with E-state index in [2.05, 4.69) is 29.1 Å². The lowest BCUT2D eigenvalue weighted by Gasteiger charge is -2.30. The highest BCUT2D eigenvalue weighted by molar-refractivity contribution is 7.15. The van der Waals surface area contributed by atoms with Gasteiger partial charge < -0.3 is 5.73 Å². The van der Waals surface area contributed by atoms with Crippen LogP contribution in [0.3, 0.4) is 0 Å². The highest BCUT2D eigenvalue weighted by atomic mass is 35.5. The van der Waals surface area contributed by atoms with E-state index in [0.717, 1.165) is 30.8 Å². The van der Waals surface area contributed by atoms with E-state index in [1.807, 2.05) is 12.1 Å². The van der Waals surface area contributed by atoms with Gasteiger partial charge in [-0.1, -0.05) is 23.7 Å². The summed E-state index contributed by atoms with van der Waals surface area (Å²) in [6.45, 7) is 0.950. The van der Waals surface area contributed by atoms with Gasteiger partial charge in [-0.2, -0.15) is 0 Å². The number of hydrogen-bond acceptors (Lipinski definition) is 4. The SMILES string of the molecule is CN(Cc1ccc(Cl)cc1)C1CCc2nc(N)sc2C1. The molecule has 20 heavy (non-hydrogen) atoms. The predicted molar refractivity (Wildman–Crippen MR) is 85.3 cm³/mol. The number of hydrogen-bond donors (Lipinski definition) is 1. The molecule has 0 amide bonds. The minimum absolute atomic E-state index is 0.568. The van der Waals surface area contributed by atoms with Gasteiger partial charge in [0.15, 0.2) is 5.13 Å². The summed E-state index contributed by atoms with van der Waals surface area (Å²) in [4.78, 5) is 8.18. The Hall–Kier alpha value is -1.10. The summed E-state index contributed by atoms with van der Waals surface area (Å²) < 4.78 is 0. The van der Waals surface area contributed by atoms with Crippen molar-refractivity contribution in [2.24, 2.45) is 0 Å². The van der Waals surface area contributed by atoms with Crippen LogP contribution in [-0.2, 0) is 19.4 Å². The van der Waals surface area contributed by atoms with Crippen molar-refractivity contribution in [3.63, 3.8) is 0 Å². The average molecular weight is 308 g/mol. The number of nitrogens with two attached hydrogens (primary N) is 1. The van der Waals surface area contributed by atoms with E-state index >= 15 is 0 Å². The van der Waals surface area contributed by atoms with Crippen molar-refractivity contribution in [1.82, 2.24) is 9.88 Å². The van der Waals surface area contributed by atoms with Crippen molar-refractivity contribution in [2.45, 2.75) is 31.8 Å². The van der Waals surface area contributed by atoms with Gasteiger partial charge in [0.2, 0.25) is 0 Å². The van der Waals surface area contributed by atoms with Crippen LogP contribution in [-0.4, -0.2) is 23.0 Å². The van der Waals surface area contributed by atoms with Crippen LogP contribution in [0.25, 0.3) is 0 Å². The number of fused-ring (bicyclic) bond motifs is 1.